The molecule has 100 valence electrons. The molecule has 1 rings (SSSR count). The molecule has 1 aromatic rings. The van der Waals surface area contributed by atoms with Crippen LogP contribution in [-0.2, 0) is 4.79 Å². The van der Waals surface area contributed by atoms with Gasteiger partial charge in [-0.05, 0) is 26.0 Å². The highest BCUT2D eigenvalue weighted by molar-refractivity contribution is 6.37. The number of carbonyl (C=O) groups is 1. The zero-order chi connectivity index (χ0) is 13.7. The number of amides is 1. The zero-order valence-electron chi connectivity index (χ0n) is 10.4. The first kappa shape index (κ1) is 14.9. The van der Waals surface area contributed by atoms with Crippen LogP contribution < -0.4 is 10.5 Å². The number of benzene rings is 1. The van der Waals surface area contributed by atoms with Crippen LogP contribution in [0.2, 0.25) is 10.0 Å². The van der Waals surface area contributed by atoms with Gasteiger partial charge < -0.3 is 15.4 Å². The maximum absolute atomic E-state index is 11.8. The van der Waals surface area contributed by atoms with E-state index in [4.69, 9.17) is 33.7 Å². The Morgan fingerprint density at radius 3 is 2.22 bits per heavy atom. The Hall–Kier alpha value is -1.13. The highest BCUT2D eigenvalue weighted by atomic mass is 35.5. The van der Waals surface area contributed by atoms with Crippen LogP contribution in [0.25, 0.3) is 0 Å². The highest BCUT2D eigenvalue weighted by Gasteiger charge is 2.14. The van der Waals surface area contributed by atoms with Crippen molar-refractivity contribution in [3.63, 3.8) is 0 Å². The number of anilines is 1. The first-order chi connectivity index (χ1) is 8.49. The minimum absolute atomic E-state index is 0.0922. The van der Waals surface area contributed by atoms with Crippen LogP contribution in [0.1, 0.15) is 13.8 Å². The second-order valence-corrected chi connectivity index (χ2v) is 4.48. The molecule has 1 aromatic carbocycles. The molecule has 0 aliphatic heterocycles. The second-order valence-electron chi connectivity index (χ2n) is 3.67. The minimum atomic E-state index is -0.107. The van der Waals surface area contributed by atoms with E-state index in [2.05, 4.69) is 0 Å². The smallest absolute Gasteiger partial charge is 0.260 e. The van der Waals surface area contributed by atoms with Gasteiger partial charge >= 0.3 is 0 Å². The van der Waals surface area contributed by atoms with Crippen molar-refractivity contribution in [2.45, 2.75) is 13.8 Å². The molecule has 0 spiro atoms. The summed E-state index contributed by atoms with van der Waals surface area (Å²) >= 11 is 11.9. The third-order valence-electron chi connectivity index (χ3n) is 2.48. The number of hydrogen-bond acceptors (Lipinski definition) is 3. The fourth-order valence-electron chi connectivity index (χ4n) is 1.52. The Bertz CT molecular complexity index is 411. The van der Waals surface area contributed by atoms with Crippen molar-refractivity contribution < 1.29 is 9.53 Å². The third-order valence-corrected chi connectivity index (χ3v) is 3.04. The molecule has 6 heteroatoms. The standard InChI is InChI=1S/C12H16Cl2N2O2/c1-3-16(4-2)11(17)7-18-12-9(13)5-8(15)6-10(12)14/h5-6H,3-4,7,15H2,1-2H3. The highest BCUT2D eigenvalue weighted by Crippen LogP contribution is 2.34. The third kappa shape index (κ3) is 3.68. The molecule has 4 nitrogen and oxygen atoms in total. The number of nitrogens with two attached hydrogens (primary N) is 1. The van der Waals surface area contributed by atoms with Crippen molar-refractivity contribution in [2.24, 2.45) is 0 Å². The molecule has 2 N–H and O–H groups in total. The molecule has 0 heterocycles. The lowest BCUT2D eigenvalue weighted by molar-refractivity contribution is -0.132. The van der Waals surface area contributed by atoms with Gasteiger partial charge in [0, 0.05) is 18.8 Å². The molecule has 0 saturated heterocycles. The Kier molecular flexibility index (Phi) is 5.56. The lowest BCUT2D eigenvalue weighted by Crippen LogP contribution is -2.34. The maximum Gasteiger partial charge on any atom is 0.260 e. The summed E-state index contributed by atoms with van der Waals surface area (Å²) in [4.78, 5) is 13.4. The van der Waals surface area contributed by atoms with Gasteiger partial charge in [0.2, 0.25) is 0 Å². The molecule has 0 aliphatic carbocycles. The minimum Gasteiger partial charge on any atom is -0.481 e. The maximum atomic E-state index is 11.8. The molecule has 0 atom stereocenters. The van der Waals surface area contributed by atoms with Crippen molar-refractivity contribution >= 4 is 34.8 Å². The van der Waals surface area contributed by atoms with Gasteiger partial charge in [0.1, 0.15) is 0 Å². The Morgan fingerprint density at radius 1 is 1.28 bits per heavy atom. The summed E-state index contributed by atoms with van der Waals surface area (Å²) in [5.74, 6) is 0.178. The van der Waals surface area contributed by atoms with Crippen molar-refractivity contribution in [1.29, 1.82) is 0 Å². The van der Waals surface area contributed by atoms with Gasteiger partial charge in [-0.15, -0.1) is 0 Å². The van der Waals surface area contributed by atoms with Crippen LogP contribution >= 0.6 is 23.2 Å². The van der Waals surface area contributed by atoms with Crippen molar-refractivity contribution in [3.05, 3.63) is 22.2 Å². The van der Waals surface area contributed by atoms with E-state index < -0.39 is 0 Å². The number of halogens is 2. The molecule has 1 amide bonds. The quantitative estimate of drug-likeness (QED) is 0.849. The molecule has 0 unspecified atom stereocenters. The first-order valence-electron chi connectivity index (χ1n) is 5.64. The first-order valence-corrected chi connectivity index (χ1v) is 6.40. The van der Waals surface area contributed by atoms with Crippen molar-refractivity contribution in [3.8, 4) is 5.75 Å². The average Bonchev–Trinajstić information content (AvgIpc) is 2.29. The fraction of sp³-hybridized carbons (Fsp3) is 0.417. The molecular formula is C12H16Cl2N2O2. The van der Waals surface area contributed by atoms with Gasteiger partial charge in [0.25, 0.3) is 5.91 Å². The van der Waals surface area contributed by atoms with E-state index in [1.165, 1.54) is 12.1 Å². The Labute approximate surface area is 117 Å². The predicted octanol–water partition coefficient (Wildman–Crippen LogP) is 2.82. The van der Waals surface area contributed by atoms with Crippen molar-refractivity contribution in [1.82, 2.24) is 4.90 Å². The number of rotatable bonds is 5. The molecule has 0 saturated carbocycles. The van der Waals surface area contributed by atoms with E-state index in [0.29, 0.717) is 28.8 Å². The van der Waals surface area contributed by atoms with E-state index >= 15 is 0 Å². The second kappa shape index (κ2) is 6.71. The average molecular weight is 291 g/mol. The van der Waals surface area contributed by atoms with Crippen LogP contribution in [0.15, 0.2) is 12.1 Å². The number of hydrogen-bond donors (Lipinski definition) is 1. The molecular weight excluding hydrogens is 275 g/mol. The lowest BCUT2D eigenvalue weighted by atomic mass is 10.3. The number of likely N-dealkylation sites (N-methyl/N-ethyl adjacent to an activating group) is 1. The van der Waals surface area contributed by atoms with E-state index in [9.17, 15) is 4.79 Å². The zero-order valence-corrected chi connectivity index (χ0v) is 11.9. The Morgan fingerprint density at radius 2 is 1.78 bits per heavy atom. The number of carbonyl (C=O) groups excluding carboxylic acids is 1. The van der Waals surface area contributed by atoms with Gasteiger partial charge in [-0.2, -0.15) is 0 Å². The van der Waals surface area contributed by atoms with Crippen LogP contribution in [-0.4, -0.2) is 30.5 Å². The molecule has 0 bridgehead atoms. The number of nitrogen functional groups attached to an aromatic ring is 1. The number of ether oxygens (including phenoxy) is 1. The largest absolute Gasteiger partial charge is 0.481 e. The van der Waals surface area contributed by atoms with Gasteiger partial charge in [0.05, 0.1) is 10.0 Å². The van der Waals surface area contributed by atoms with Crippen molar-refractivity contribution in [2.75, 3.05) is 25.4 Å². The summed E-state index contributed by atoms with van der Waals surface area (Å²) in [6.07, 6.45) is 0. The van der Waals surface area contributed by atoms with E-state index in [-0.39, 0.29) is 18.3 Å². The summed E-state index contributed by atoms with van der Waals surface area (Å²) in [7, 11) is 0. The van der Waals surface area contributed by atoms with Crippen LogP contribution in [0, 0.1) is 0 Å². The number of nitrogens with zero attached hydrogens (tertiary/aromatic N) is 1. The van der Waals surface area contributed by atoms with E-state index in [1.54, 1.807) is 4.90 Å². The van der Waals surface area contributed by atoms with Gasteiger partial charge in [-0.3, -0.25) is 4.79 Å². The summed E-state index contributed by atoms with van der Waals surface area (Å²) < 4.78 is 5.36. The monoisotopic (exact) mass is 290 g/mol. The van der Waals surface area contributed by atoms with Crippen LogP contribution in [0.4, 0.5) is 5.69 Å². The van der Waals surface area contributed by atoms with Gasteiger partial charge in [0.15, 0.2) is 12.4 Å². The summed E-state index contributed by atoms with van der Waals surface area (Å²) in [6.45, 7) is 5.00. The van der Waals surface area contributed by atoms with E-state index in [0.717, 1.165) is 0 Å². The molecule has 18 heavy (non-hydrogen) atoms. The summed E-state index contributed by atoms with van der Waals surface area (Å²) in [5, 5.41) is 0.597. The fourth-order valence-corrected chi connectivity index (χ4v) is 2.13. The van der Waals surface area contributed by atoms with E-state index in [1.807, 2.05) is 13.8 Å². The topological polar surface area (TPSA) is 55.6 Å². The lowest BCUT2D eigenvalue weighted by Gasteiger charge is -2.19. The molecule has 0 aliphatic rings. The molecule has 0 fully saturated rings. The van der Waals surface area contributed by atoms with Crippen LogP contribution in [0.5, 0.6) is 5.75 Å². The Balaban J connectivity index is 2.72. The molecule has 0 radical (unpaired) electrons. The predicted molar refractivity (Wildman–Crippen MR) is 74.3 cm³/mol. The van der Waals surface area contributed by atoms with Crippen LogP contribution in [0.3, 0.4) is 0 Å². The summed E-state index contributed by atoms with van der Waals surface area (Å²) in [6, 6.07) is 3.06. The summed E-state index contributed by atoms with van der Waals surface area (Å²) in [5.41, 5.74) is 6.03. The van der Waals surface area contributed by atoms with Gasteiger partial charge in [-0.1, -0.05) is 23.2 Å². The van der Waals surface area contributed by atoms with Gasteiger partial charge in [-0.25, -0.2) is 0 Å². The molecule has 0 aromatic heterocycles. The SMILES string of the molecule is CCN(CC)C(=O)COc1c(Cl)cc(N)cc1Cl. The normalized spacial score (nSPS) is 10.2.